The van der Waals surface area contributed by atoms with Gasteiger partial charge >= 0.3 is 0 Å². The predicted molar refractivity (Wildman–Crippen MR) is 80.9 cm³/mol. The molecule has 0 saturated heterocycles. The number of hydrogen-bond acceptors (Lipinski definition) is 1. The summed E-state index contributed by atoms with van der Waals surface area (Å²) in [6.07, 6.45) is 3.92. The lowest BCUT2D eigenvalue weighted by Crippen LogP contribution is -2.45. The number of allylic oxidation sites excluding steroid dienone is 2. The molecule has 0 aromatic rings. The Kier molecular flexibility index (Phi) is 5.89. The summed E-state index contributed by atoms with van der Waals surface area (Å²) >= 11 is 0. The van der Waals surface area contributed by atoms with E-state index in [2.05, 4.69) is 60.0 Å². The van der Waals surface area contributed by atoms with E-state index in [1.165, 1.54) is 5.57 Å². The molecule has 100 valence electrons. The molecule has 0 fully saturated rings. The molecule has 0 aliphatic rings. The van der Waals surface area contributed by atoms with Gasteiger partial charge in [0.2, 0.25) is 0 Å². The minimum Gasteiger partial charge on any atom is -0.386 e. The highest BCUT2D eigenvalue weighted by molar-refractivity contribution is 6.83. The van der Waals surface area contributed by atoms with E-state index in [1.807, 2.05) is 0 Å². The zero-order valence-electron chi connectivity index (χ0n) is 12.7. The van der Waals surface area contributed by atoms with Crippen LogP contribution in [-0.2, 0) is 0 Å². The Hall–Kier alpha value is -0.343. The van der Waals surface area contributed by atoms with Crippen molar-refractivity contribution in [1.82, 2.24) is 0 Å². The van der Waals surface area contributed by atoms with Gasteiger partial charge in [0, 0.05) is 0 Å². The molecule has 0 aliphatic heterocycles. The largest absolute Gasteiger partial charge is 0.386 e. The standard InChI is InChI=1S/C15H30OSi/c1-12(2)10-9-11-15(16,13(3)4)14(5)17(6,7)8/h10,13,16H,5,9,11H2,1-4,6-8H3. The Morgan fingerprint density at radius 3 is 2.06 bits per heavy atom. The molecule has 1 unspecified atom stereocenters. The van der Waals surface area contributed by atoms with Crippen molar-refractivity contribution < 1.29 is 5.11 Å². The van der Waals surface area contributed by atoms with Crippen LogP contribution in [0.4, 0.5) is 0 Å². The SMILES string of the molecule is C=C(C(O)(CCC=C(C)C)C(C)C)[Si](C)(C)C. The molecule has 0 spiro atoms. The molecule has 0 radical (unpaired) electrons. The Morgan fingerprint density at radius 1 is 1.29 bits per heavy atom. The Bertz CT molecular complexity index is 293. The molecule has 0 amide bonds. The summed E-state index contributed by atoms with van der Waals surface area (Å²) in [5.74, 6) is 0.229. The van der Waals surface area contributed by atoms with Crippen molar-refractivity contribution in [2.45, 2.75) is 65.8 Å². The van der Waals surface area contributed by atoms with Gasteiger partial charge in [-0.15, -0.1) is 6.58 Å². The first kappa shape index (κ1) is 16.7. The van der Waals surface area contributed by atoms with Gasteiger partial charge in [-0.1, -0.05) is 50.3 Å². The first-order valence-corrected chi connectivity index (χ1v) is 10.1. The molecule has 0 aromatic carbocycles. The van der Waals surface area contributed by atoms with Gasteiger partial charge in [-0.05, 0) is 32.6 Å². The minimum atomic E-state index is -1.50. The third kappa shape index (κ3) is 4.80. The van der Waals surface area contributed by atoms with Crippen molar-refractivity contribution in [3.8, 4) is 0 Å². The van der Waals surface area contributed by atoms with Gasteiger partial charge in [0.15, 0.2) is 0 Å². The lowest BCUT2D eigenvalue weighted by Gasteiger charge is -2.39. The van der Waals surface area contributed by atoms with E-state index in [0.717, 1.165) is 18.0 Å². The number of rotatable bonds is 6. The van der Waals surface area contributed by atoms with Crippen LogP contribution < -0.4 is 0 Å². The van der Waals surface area contributed by atoms with Gasteiger partial charge in [-0.25, -0.2) is 0 Å². The molecule has 0 heterocycles. The summed E-state index contributed by atoms with van der Waals surface area (Å²) in [7, 11) is -1.50. The van der Waals surface area contributed by atoms with Gasteiger partial charge in [-0.2, -0.15) is 0 Å². The monoisotopic (exact) mass is 254 g/mol. The molecule has 0 aliphatic carbocycles. The van der Waals surface area contributed by atoms with Crippen LogP contribution >= 0.6 is 0 Å². The molecule has 0 saturated carbocycles. The zero-order valence-corrected chi connectivity index (χ0v) is 13.7. The lowest BCUT2D eigenvalue weighted by molar-refractivity contribution is 0.0301. The van der Waals surface area contributed by atoms with E-state index in [1.54, 1.807) is 0 Å². The van der Waals surface area contributed by atoms with E-state index in [9.17, 15) is 5.11 Å². The molecule has 0 bridgehead atoms. The van der Waals surface area contributed by atoms with Gasteiger partial charge in [0.1, 0.15) is 0 Å². The molecule has 17 heavy (non-hydrogen) atoms. The maximum absolute atomic E-state index is 10.9. The summed E-state index contributed by atoms with van der Waals surface area (Å²) in [5, 5.41) is 12.0. The molecule has 2 heteroatoms. The quantitative estimate of drug-likeness (QED) is 0.544. The molecule has 1 N–H and O–H groups in total. The van der Waals surface area contributed by atoms with Crippen LogP contribution in [0.1, 0.15) is 40.5 Å². The van der Waals surface area contributed by atoms with Crippen molar-refractivity contribution >= 4 is 8.07 Å². The van der Waals surface area contributed by atoms with Crippen molar-refractivity contribution in [3.63, 3.8) is 0 Å². The summed E-state index contributed by atoms with van der Waals surface area (Å²) in [5.41, 5.74) is 0.617. The lowest BCUT2D eigenvalue weighted by atomic mass is 9.85. The molecular formula is C15H30OSi. The molecule has 0 aromatic heterocycles. The average molecular weight is 254 g/mol. The van der Waals surface area contributed by atoms with Crippen molar-refractivity contribution in [2.75, 3.05) is 0 Å². The summed E-state index contributed by atoms with van der Waals surface area (Å²) < 4.78 is 0. The van der Waals surface area contributed by atoms with Gasteiger partial charge in [0.05, 0.1) is 13.7 Å². The van der Waals surface area contributed by atoms with Crippen LogP contribution in [-0.4, -0.2) is 18.8 Å². The van der Waals surface area contributed by atoms with Crippen LogP contribution in [0.25, 0.3) is 0 Å². The van der Waals surface area contributed by atoms with Crippen molar-refractivity contribution in [3.05, 3.63) is 23.4 Å². The average Bonchev–Trinajstić information content (AvgIpc) is 2.13. The fraction of sp³-hybridized carbons (Fsp3) is 0.733. The third-order valence-corrected chi connectivity index (χ3v) is 5.70. The highest BCUT2D eigenvalue weighted by Crippen LogP contribution is 2.35. The maximum atomic E-state index is 10.9. The van der Waals surface area contributed by atoms with Crippen LogP contribution in [0.2, 0.25) is 19.6 Å². The van der Waals surface area contributed by atoms with Crippen LogP contribution in [0, 0.1) is 5.92 Å². The van der Waals surface area contributed by atoms with Crippen molar-refractivity contribution in [1.29, 1.82) is 0 Å². The molecule has 1 nitrogen and oxygen atoms in total. The van der Waals surface area contributed by atoms with E-state index in [0.29, 0.717) is 0 Å². The van der Waals surface area contributed by atoms with E-state index in [4.69, 9.17) is 0 Å². The van der Waals surface area contributed by atoms with Gasteiger partial charge in [-0.3, -0.25) is 0 Å². The smallest absolute Gasteiger partial charge is 0.0845 e. The van der Waals surface area contributed by atoms with Crippen LogP contribution in [0.5, 0.6) is 0 Å². The number of aliphatic hydroxyl groups is 1. The number of hydrogen-bond donors (Lipinski definition) is 1. The van der Waals surface area contributed by atoms with E-state index >= 15 is 0 Å². The van der Waals surface area contributed by atoms with E-state index in [-0.39, 0.29) is 5.92 Å². The Balaban J connectivity index is 4.93. The third-order valence-electron chi connectivity index (χ3n) is 3.46. The van der Waals surface area contributed by atoms with Crippen molar-refractivity contribution in [2.24, 2.45) is 5.92 Å². The highest BCUT2D eigenvalue weighted by Gasteiger charge is 2.39. The second-order valence-corrected chi connectivity index (χ2v) is 11.7. The fourth-order valence-electron chi connectivity index (χ4n) is 2.02. The molecule has 1 atom stereocenters. The first-order valence-electron chi connectivity index (χ1n) is 6.57. The summed E-state index contributed by atoms with van der Waals surface area (Å²) in [6, 6.07) is 0. The van der Waals surface area contributed by atoms with E-state index < -0.39 is 13.7 Å². The maximum Gasteiger partial charge on any atom is 0.0845 e. The zero-order chi connectivity index (χ0) is 13.9. The topological polar surface area (TPSA) is 20.2 Å². The van der Waals surface area contributed by atoms with Crippen LogP contribution in [0.15, 0.2) is 23.4 Å². The second-order valence-electron chi connectivity index (χ2n) is 6.63. The fourth-order valence-corrected chi connectivity index (χ4v) is 3.73. The molecule has 0 rings (SSSR count). The summed E-state index contributed by atoms with van der Waals surface area (Å²) in [6.45, 7) is 19.3. The first-order chi connectivity index (χ1) is 7.51. The van der Waals surface area contributed by atoms with Crippen LogP contribution in [0.3, 0.4) is 0 Å². The normalized spacial score (nSPS) is 15.6. The Labute approximate surface area is 109 Å². The minimum absolute atomic E-state index is 0.229. The van der Waals surface area contributed by atoms with Gasteiger partial charge < -0.3 is 5.11 Å². The highest BCUT2D eigenvalue weighted by atomic mass is 28.3. The predicted octanol–water partition coefficient (Wildman–Crippen LogP) is 4.55. The molecular weight excluding hydrogens is 224 g/mol. The Morgan fingerprint density at radius 2 is 1.76 bits per heavy atom. The summed E-state index contributed by atoms with van der Waals surface area (Å²) in [4.78, 5) is 0. The second kappa shape index (κ2) is 6.01. The van der Waals surface area contributed by atoms with Gasteiger partial charge in [0.25, 0.3) is 0 Å².